The van der Waals surface area contributed by atoms with Crippen LogP contribution in [0.4, 0.5) is 0 Å². The Morgan fingerprint density at radius 2 is 1.78 bits per heavy atom. The Hall–Kier alpha value is -2.76. The number of ketones is 1. The van der Waals surface area contributed by atoms with E-state index in [2.05, 4.69) is 10.2 Å². The van der Waals surface area contributed by atoms with Crippen LogP contribution in [0.3, 0.4) is 0 Å². The molecular weight excluding hydrogens is 294 g/mol. The van der Waals surface area contributed by atoms with Gasteiger partial charge in [-0.15, -0.1) is 0 Å². The molecule has 1 aliphatic heterocycles. The molecule has 0 aliphatic carbocycles. The molecule has 1 saturated heterocycles. The molecule has 1 aromatic heterocycles. The van der Waals surface area contributed by atoms with Crippen LogP contribution in [0, 0.1) is 0 Å². The molecule has 0 spiro atoms. The highest BCUT2D eigenvalue weighted by Gasteiger charge is 2.28. The number of aromatic hydroxyl groups is 1. The quantitative estimate of drug-likeness (QED) is 0.690. The fourth-order valence-corrected chi connectivity index (χ4v) is 2.79. The van der Waals surface area contributed by atoms with Crippen LogP contribution >= 0.6 is 0 Å². The summed E-state index contributed by atoms with van der Waals surface area (Å²) in [5, 5.41) is 17.2. The number of hydrogen-bond acceptors (Lipinski definition) is 5. The van der Waals surface area contributed by atoms with Gasteiger partial charge in [0.15, 0.2) is 0 Å². The molecular formula is C17H17N3O3. The van der Waals surface area contributed by atoms with E-state index in [4.69, 9.17) is 0 Å². The number of piperidine rings is 1. The number of carbonyl (C=O) groups is 2. The zero-order valence-electron chi connectivity index (χ0n) is 12.6. The lowest BCUT2D eigenvalue weighted by Crippen LogP contribution is -2.41. The molecule has 2 heterocycles. The van der Waals surface area contributed by atoms with Gasteiger partial charge in [0.1, 0.15) is 5.75 Å². The molecule has 0 atom stereocenters. The summed E-state index contributed by atoms with van der Waals surface area (Å²) in [5.74, 6) is -0.688. The lowest BCUT2D eigenvalue weighted by Gasteiger charge is -2.31. The molecule has 1 aliphatic rings. The summed E-state index contributed by atoms with van der Waals surface area (Å²) in [6.07, 6.45) is 3.18. The summed E-state index contributed by atoms with van der Waals surface area (Å²) in [7, 11) is 0. The maximum absolute atomic E-state index is 12.3. The predicted octanol–water partition coefficient (Wildman–Crippen LogP) is 1.77. The minimum atomic E-state index is -0.539. The van der Waals surface area contributed by atoms with Crippen molar-refractivity contribution in [3.63, 3.8) is 0 Å². The number of likely N-dealkylation sites (tertiary alicyclic amines) is 1. The maximum atomic E-state index is 12.3. The van der Waals surface area contributed by atoms with Gasteiger partial charge in [0, 0.05) is 30.8 Å². The van der Waals surface area contributed by atoms with Gasteiger partial charge in [-0.1, -0.05) is 0 Å². The van der Waals surface area contributed by atoms with Crippen molar-refractivity contribution in [2.45, 2.75) is 18.8 Å². The van der Waals surface area contributed by atoms with E-state index in [9.17, 15) is 14.7 Å². The van der Waals surface area contributed by atoms with Gasteiger partial charge in [-0.25, -0.2) is 0 Å². The molecule has 1 N–H and O–H groups in total. The number of benzene rings is 1. The van der Waals surface area contributed by atoms with E-state index in [-0.39, 0.29) is 11.7 Å². The van der Waals surface area contributed by atoms with Crippen LogP contribution in [0.5, 0.6) is 5.75 Å². The molecule has 6 heteroatoms. The second-order valence-electron chi connectivity index (χ2n) is 5.59. The molecule has 0 radical (unpaired) electrons. The second kappa shape index (κ2) is 6.56. The van der Waals surface area contributed by atoms with E-state index < -0.39 is 11.7 Å². The van der Waals surface area contributed by atoms with Crippen molar-refractivity contribution in [3.8, 4) is 5.75 Å². The summed E-state index contributed by atoms with van der Waals surface area (Å²) in [4.78, 5) is 26.1. The minimum Gasteiger partial charge on any atom is -0.508 e. The Morgan fingerprint density at radius 3 is 2.39 bits per heavy atom. The van der Waals surface area contributed by atoms with Gasteiger partial charge in [0.05, 0.1) is 5.69 Å². The first kappa shape index (κ1) is 15.1. The molecule has 0 bridgehead atoms. The van der Waals surface area contributed by atoms with Crippen LogP contribution in [-0.4, -0.2) is 45.0 Å². The summed E-state index contributed by atoms with van der Waals surface area (Å²) >= 11 is 0. The lowest BCUT2D eigenvalue weighted by molar-refractivity contribution is -0.127. The van der Waals surface area contributed by atoms with Gasteiger partial charge in [0.25, 0.3) is 5.91 Å². The predicted molar refractivity (Wildman–Crippen MR) is 83.0 cm³/mol. The van der Waals surface area contributed by atoms with Crippen molar-refractivity contribution in [3.05, 3.63) is 53.9 Å². The largest absolute Gasteiger partial charge is 0.508 e. The van der Waals surface area contributed by atoms with Gasteiger partial charge in [-0.05, 0) is 49.2 Å². The highest BCUT2D eigenvalue weighted by molar-refractivity contribution is 6.42. The highest BCUT2D eigenvalue weighted by atomic mass is 16.3. The number of rotatable bonds is 3. The van der Waals surface area contributed by atoms with Crippen LogP contribution in [0.15, 0.2) is 42.6 Å². The molecule has 23 heavy (non-hydrogen) atoms. The van der Waals surface area contributed by atoms with Crippen molar-refractivity contribution in [2.24, 2.45) is 0 Å². The Balaban J connectivity index is 1.62. The first-order valence-electron chi connectivity index (χ1n) is 7.55. The minimum absolute atomic E-state index is 0.0683. The third-order valence-electron chi connectivity index (χ3n) is 4.12. The average Bonchev–Trinajstić information content (AvgIpc) is 2.62. The third kappa shape index (κ3) is 3.36. The van der Waals surface area contributed by atoms with Crippen LogP contribution < -0.4 is 0 Å². The number of hydrogen-bond donors (Lipinski definition) is 1. The summed E-state index contributed by atoms with van der Waals surface area (Å²) in [5.41, 5.74) is 1.23. The Labute approximate surface area is 133 Å². The first-order valence-corrected chi connectivity index (χ1v) is 7.55. The maximum Gasteiger partial charge on any atom is 0.294 e. The SMILES string of the molecule is O=C(C(=O)N1CCC(c2cccnn2)CC1)c1ccc(O)cc1. The van der Waals surface area contributed by atoms with E-state index in [1.807, 2.05) is 12.1 Å². The molecule has 2 aromatic rings. The van der Waals surface area contributed by atoms with E-state index in [0.29, 0.717) is 18.7 Å². The van der Waals surface area contributed by atoms with E-state index in [1.165, 1.54) is 24.3 Å². The fraction of sp³-hybridized carbons (Fsp3) is 0.294. The van der Waals surface area contributed by atoms with Gasteiger partial charge in [-0.2, -0.15) is 10.2 Å². The summed E-state index contributed by atoms with van der Waals surface area (Å²) < 4.78 is 0. The lowest BCUT2D eigenvalue weighted by atomic mass is 9.93. The average molecular weight is 311 g/mol. The molecule has 1 fully saturated rings. The zero-order valence-corrected chi connectivity index (χ0v) is 12.6. The number of aromatic nitrogens is 2. The fourth-order valence-electron chi connectivity index (χ4n) is 2.79. The van der Waals surface area contributed by atoms with Crippen molar-refractivity contribution in [1.82, 2.24) is 15.1 Å². The molecule has 6 nitrogen and oxygen atoms in total. The number of nitrogens with zero attached hydrogens (tertiary/aromatic N) is 3. The monoisotopic (exact) mass is 311 g/mol. The van der Waals surface area contributed by atoms with E-state index in [0.717, 1.165) is 18.5 Å². The van der Waals surface area contributed by atoms with Gasteiger partial charge in [-0.3, -0.25) is 9.59 Å². The first-order chi connectivity index (χ1) is 11.1. The van der Waals surface area contributed by atoms with Crippen LogP contribution in [0.25, 0.3) is 0 Å². The topological polar surface area (TPSA) is 83.4 Å². The standard InChI is InChI=1S/C17H17N3O3/c21-14-5-3-13(4-6-14)16(22)17(23)20-10-7-12(8-11-20)15-2-1-9-18-19-15/h1-6,9,12,21H,7-8,10-11H2. The normalized spacial score (nSPS) is 15.4. The zero-order chi connectivity index (χ0) is 16.2. The molecule has 1 aromatic carbocycles. The van der Waals surface area contributed by atoms with Crippen LogP contribution in [-0.2, 0) is 4.79 Å². The van der Waals surface area contributed by atoms with Crippen molar-refractivity contribution >= 4 is 11.7 Å². The van der Waals surface area contributed by atoms with E-state index in [1.54, 1.807) is 11.1 Å². The number of Topliss-reactive ketones (excluding diaryl/α,β-unsaturated/α-hetero) is 1. The number of carbonyl (C=O) groups excluding carboxylic acids is 2. The van der Waals surface area contributed by atoms with E-state index >= 15 is 0 Å². The smallest absolute Gasteiger partial charge is 0.294 e. The number of phenols is 1. The van der Waals surface area contributed by atoms with Gasteiger partial charge >= 0.3 is 0 Å². The summed E-state index contributed by atoms with van der Waals surface area (Å²) in [6, 6.07) is 9.52. The molecule has 118 valence electrons. The second-order valence-corrected chi connectivity index (χ2v) is 5.59. The Kier molecular flexibility index (Phi) is 4.32. The molecule has 0 unspecified atom stereocenters. The molecule has 3 rings (SSSR count). The van der Waals surface area contributed by atoms with Gasteiger partial charge < -0.3 is 10.0 Å². The Morgan fingerprint density at radius 1 is 1.09 bits per heavy atom. The molecule has 1 amide bonds. The van der Waals surface area contributed by atoms with Gasteiger partial charge in [0.2, 0.25) is 5.78 Å². The number of phenolic OH excluding ortho intramolecular Hbond substituents is 1. The Bertz CT molecular complexity index is 693. The highest BCUT2D eigenvalue weighted by Crippen LogP contribution is 2.26. The third-order valence-corrected chi connectivity index (χ3v) is 4.12. The number of amides is 1. The van der Waals surface area contributed by atoms with Crippen molar-refractivity contribution in [2.75, 3.05) is 13.1 Å². The van der Waals surface area contributed by atoms with Crippen LogP contribution in [0.2, 0.25) is 0 Å². The van der Waals surface area contributed by atoms with Crippen LogP contribution in [0.1, 0.15) is 34.8 Å². The van der Waals surface area contributed by atoms with Crippen molar-refractivity contribution in [1.29, 1.82) is 0 Å². The molecule has 0 saturated carbocycles. The summed E-state index contributed by atoms with van der Waals surface area (Å²) in [6.45, 7) is 1.06. The van der Waals surface area contributed by atoms with Crippen molar-refractivity contribution < 1.29 is 14.7 Å².